The number of nitrogens with one attached hydrogen (secondary N) is 2. The van der Waals surface area contributed by atoms with Gasteiger partial charge in [-0.2, -0.15) is 0 Å². The number of amides is 1. The summed E-state index contributed by atoms with van der Waals surface area (Å²) in [6, 6.07) is 12.2. The molecular formula is C19H21ClN2O3. The summed E-state index contributed by atoms with van der Waals surface area (Å²) in [6.45, 7) is 4.28. The Labute approximate surface area is 152 Å². The Kier molecular flexibility index (Phi) is 6.83. The fraction of sp³-hybridized carbons (Fsp3) is 0.263. The highest BCUT2D eigenvalue weighted by Gasteiger charge is 2.09. The van der Waals surface area contributed by atoms with Crippen LogP contribution in [0.2, 0.25) is 5.02 Å². The van der Waals surface area contributed by atoms with Gasteiger partial charge in [-0.1, -0.05) is 24.6 Å². The fourth-order valence-corrected chi connectivity index (χ4v) is 2.40. The minimum atomic E-state index is -0.369. The first kappa shape index (κ1) is 18.8. The summed E-state index contributed by atoms with van der Waals surface area (Å²) < 4.78 is 5.10. The van der Waals surface area contributed by atoms with Gasteiger partial charge < -0.3 is 15.4 Å². The molecule has 0 heterocycles. The van der Waals surface area contributed by atoms with Crippen LogP contribution in [0.15, 0.2) is 42.5 Å². The first-order valence-corrected chi connectivity index (χ1v) is 8.44. The van der Waals surface area contributed by atoms with Gasteiger partial charge in [0.1, 0.15) is 0 Å². The number of esters is 1. The highest BCUT2D eigenvalue weighted by Crippen LogP contribution is 2.19. The average molecular weight is 361 g/mol. The molecule has 0 bridgehead atoms. The summed E-state index contributed by atoms with van der Waals surface area (Å²) in [4.78, 5) is 23.9. The number of hydrogen-bond acceptors (Lipinski definition) is 4. The summed E-state index contributed by atoms with van der Waals surface area (Å²) >= 11 is 5.90. The van der Waals surface area contributed by atoms with E-state index in [1.165, 1.54) is 0 Å². The Balaban J connectivity index is 1.92. The molecule has 0 aliphatic carbocycles. The molecule has 0 fully saturated rings. The van der Waals surface area contributed by atoms with Crippen molar-refractivity contribution in [2.75, 3.05) is 23.8 Å². The molecule has 2 rings (SSSR count). The van der Waals surface area contributed by atoms with E-state index in [-0.39, 0.29) is 18.4 Å². The molecule has 0 saturated heterocycles. The summed E-state index contributed by atoms with van der Waals surface area (Å²) in [5.74, 6) is -0.559. The number of carbonyl (C=O) groups is 2. The maximum Gasteiger partial charge on any atom is 0.338 e. The molecule has 6 heteroatoms. The normalized spacial score (nSPS) is 10.2. The van der Waals surface area contributed by atoms with E-state index in [0.717, 1.165) is 12.0 Å². The minimum Gasteiger partial charge on any atom is -0.462 e. The van der Waals surface area contributed by atoms with Crippen molar-refractivity contribution in [3.05, 3.63) is 58.6 Å². The second-order valence-electron chi connectivity index (χ2n) is 5.58. The molecule has 0 atom stereocenters. The second kappa shape index (κ2) is 9.08. The molecule has 0 aromatic heterocycles. The number of benzene rings is 2. The van der Waals surface area contributed by atoms with E-state index in [1.807, 2.05) is 13.8 Å². The van der Waals surface area contributed by atoms with Crippen LogP contribution in [0.3, 0.4) is 0 Å². The molecule has 1 amide bonds. The largest absolute Gasteiger partial charge is 0.462 e. The predicted octanol–water partition coefficient (Wildman–Crippen LogP) is 4.27. The van der Waals surface area contributed by atoms with E-state index in [1.54, 1.807) is 42.5 Å². The van der Waals surface area contributed by atoms with Crippen LogP contribution >= 0.6 is 11.6 Å². The maximum atomic E-state index is 12.1. The molecule has 0 unspecified atom stereocenters. The zero-order chi connectivity index (χ0) is 18.2. The fourth-order valence-electron chi connectivity index (χ4n) is 2.18. The van der Waals surface area contributed by atoms with E-state index < -0.39 is 0 Å². The van der Waals surface area contributed by atoms with Gasteiger partial charge in [0.2, 0.25) is 5.91 Å². The van der Waals surface area contributed by atoms with Crippen molar-refractivity contribution >= 4 is 34.9 Å². The van der Waals surface area contributed by atoms with Crippen molar-refractivity contribution in [1.82, 2.24) is 0 Å². The molecule has 2 aromatic rings. The van der Waals surface area contributed by atoms with E-state index in [9.17, 15) is 9.59 Å². The Morgan fingerprint density at radius 1 is 1.16 bits per heavy atom. The highest BCUT2D eigenvalue weighted by atomic mass is 35.5. The lowest BCUT2D eigenvalue weighted by atomic mass is 10.2. The number of halogens is 1. The highest BCUT2D eigenvalue weighted by molar-refractivity contribution is 6.30. The monoisotopic (exact) mass is 360 g/mol. The molecular weight excluding hydrogens is 340 g/mol. The van der Waals surface area contributed by atoms with Crippen LogP contribution < -0.4 is 10.6 Å². The van der Waals surface area contributed by atoms with Crippen LogP contribution in [0.4, 0.5) is 11.4 Å². The van der Waals surface area contributed by atoms with Gasteiger partial charge in [-0.15, -0.1) is 0 Å². The lowest BCUT2D eigenvalue weighted by Gasteiger charge is -2.11. The van der Waals surface area contributed by atoms with Gasteiger partial charge >= 0.3 is 5.97 Å². The molecule has 0 aliphatic rings. The molecule has 25 heavy (non-hydrogen) atoms. The maximum absolute atomic E-state index is 12.1. The molecule has 132 valence electrons. The number of anilines is 2. The predicted molar refractivity (Wildman–Crippen MR) is 100 cm³/mol. The van der Waals surface area contributed by atoms with E-state index >= 15 is 0 Å². The minimum absolute atomic E-state index is 0.0789. The Hall–Kier alpha value is -2.53. The second-order valence-corrected chi connectivity index (χ2v) is 6.01. The number of carbonyl (C=O) groups excluding carboxylic acids is 2. The Morgan fingerprint density at radius 3 is 2.68 bits per heavy atom. The van der Waals surface area contributed by atoms with Crippen molar-refractivity contribution in [3.63, 3.8) is 0 Å². The van der Waals surface area contributed by atoms with Crippen molar-refractivity contribution < 1.29 is 14.3 Å². The zero-order valence-electron chi connectivity index (χ0n) is 14.3. The Bertz CT molecular complexity index is 762. The number of rotatable bonds is 7. The average Bonchev–Trinajstić information content (AvgIpc) is 2.60. The van der Waals surface area contributed by atoms with Gasteiger partial charge in [-0.25, -0.2) is 4.79 Å². The SMILES string of the molecule is CCCOC(=O)c1cccc(NCC(=O)Nc2ccc(Cl)cc2C)c1. The summed E-state index contributed by atoms with van der Waals surface area (Å²) in [5.41, 5.74) is 2.73. The molecule has 5 nitrogen and oxygen atoms in total. The van der Waals surface area contributed by atoms with Crippen LogP contribution in [-0.2, 0) is 9.53 Å². The van der Waals surface area contributed by atoms with Crippen molar-refractivity contribution in [2.45, 2.75) is 20.3 Å². The molecule has 0 saturated carbocycles. The van der Waals surface area contributed by atoms with Gasteiger partial charge in [0.25, 0.3) is 0 Å². The van der Waals surface area contributed by atoms with Gasteiger partial charge in [0.05, 0.1) is 18.7 Å². The third-order valence-electron chi connectivity index (χ3n) is 3.45. The van der Waals surface area contributed by atoms with E-state index in [0.29, 0.717) is 28.6 Å². The van der Waals surface area contributed by atoms with Crippen LogP contribution in [0.1, 0.15) is 29.3 Å². The van der Waals surface area contributed by atoms with Crippen molar-refractivity contribution in [2.24, 2.45) is 0 Å². The molecule has 0 radical (unpaired) electrons. The standard InChI is InChI=1S/C19H21ClN2O3/c1-3-9-25-19(24)14-5-4-6-16(11-14)21-12-18(23)22-17-8-7-15(20)10-13(17)2/h4-8,10-11,21H,3,9,12H2,1-2H3,(H,22,23). The number of hydrogen-bond donors (Lipinski definition) is 2. The molecule has 0 spiro atoms. The third kappa shape index (κ3) is 5.80. The van der Waals surface area contributed by atoms with Gasteiger partial charge in [-0.05, 0) is 55.3 Å². The van der Waals surface area contributed by atoms with Crippen LogP contribution in [0.25, 0.3) is 0 Å². The molecule has 0 aliphatic heterocycles. The van der Waals surface area contributed by atoms with Gasteiger partial charge in [0, 0.05) is 16.4 Å². The Morgan fingerprint density at radius 2 is 1.96 bits per heavy atom. The van der Waals surface area contributed by atoms with Crippen LogP contribution in [0.5, 0.6) is 0 Å². The first-order chi connectivity index (χ1) is 12.0. The molecule has 2 N–H and O–H groups in total. The number of ether oxygens (including phenoxy) is 1. The first-order valence-electron chi connectivity index (χ1n) is 8.06. The molecule has 2 aromatic carbocycles. The topological polar surface area (TPSA) is 67.4 Å². The summed E-state index contributed by atoms with van der Waals surface area (Å²) in [6.07, 6.45) is 0.772. The van der Waals surface area contributed by atoms with E-state index in [4.69, 9.17) is 16.3 Å². The number of aryl methyl sites for hydroxylation is 1. The van der Waals surface area contributed by atoms with Gasteiger partial charge in [0.15, 0.2) is 0 Å². The van der Waals surface area contributed by atoms with Crippen LogP contribution in [0, 0.1) is 6.92 Å². The lowest BCUT2D eigenvalue weighted by molar-refractivity contribution is -0.114. The van der Waals surface area contributed by atoms with Crippen LogP contribution in [-0.4, -0.2) is 25.0 Å². The smallest absolute Gasteiger partial charge is 0.338 e. The summed E-state index contributed by atoms with van der Waals surface area (Å²) in [7, 11) is 0. The lowest BCUT2D eigenvalue weighted by Crippen LogP contribution is -2.22. The van der Waals surface area contributed by atoms with Crippen molar-refractivity contribution in [1.29, 1.82) is 0 Å². The summed E-state index contributed by atoms with van der Waals surface area (Å²) in [5, 5.41) is 6.45. The van der Waals surface area contributed by atoms with Gasteiger partial charge in [-0.3, -0.25) is 4.79 Å². The zero-order valence-corrected chi connectivity index (χ0v) is 15.0. The van der Waals surface area contributed by atoms with E-state index in [2.05, 4.69) is 10.6 Å². The van der Waals surface area contributed by atoms with Crippen molar-refractivity contribution in [3.8, 4) is 0 Å². The quantitative estimate of drug-likeness (QED) is 0.724. The third-order valence-corrected chi connectivity index (χ3v) is 3.69.